The molecule has 4 nitrogen and oxygen atoms in total. The Morgan fingerprint density at radius 2 is 2.18 bits per heavy atom. The Bertz CT molecular complexity index is 317. The molecule has 1 aromatic rings. The first kappa shape index (κ1) is 11.1. The Labute approximate surface area is 93.3 Å². The molecule has 0 saturated carbocycles. The maximum Gasteiger partial charge on any atom is 0.343 e. The van der Waals surface area contributed by atoms with Crippen molar-refractivity contribution in [1.82, 2.24) is 4.37 Å². The van der Waals surface area contributed by atoms with Gasteiger partial charge in [-0.2, -0.15) is 0 Å². The van der Waals surface area contributed by atoms with Crippen molar-refractivity contribution in [2.75, 3.05) is 0 Å². The number of aromatic nitrogens is 1. The SMILES string of the molecule is O=C(O)c1c(O)[nH]sc1=S.[Na]. The molecule has 0 unspecified atom stereocenters. The minimum absolute atomic E-state index is 0. The van der Waals surface area contributed by atoms with Gasteiger partial charge in [-0.25, -0.2) is 4.79 Å². The predicted octanol–water partition coefficient (Wildman–Crippen LogP) is 0.829. The van der Waals surface area contributed by atoms with Crippen molar-refractivity contribution in [3.8, 4) is 5.88 Å². The summed E-state index contributed by atoms with van der Waals surface area (Å²) >= 11 is 5.51. The quantitative estimate of drug-likeness (QED) is 0.463. The van der Waals surface area contributed by atoms with Gasteiger partial charge in [-0.15, -0.1) is 0 Å². The number of aromatic carboxylic acids is 1. The third-order valence-corrected chi connectivity index (χ3v) is 2.03. The number of carboxylic acids is 1. The van der Waals surface area contributed by atoms with Crippen molar-refractivity contribution >= 4 is 59.3 Å². The molecule has 0 aliphatic heterocycles. The van der Waals surface area contributed by atoms with Crippen molar-refractivity contribution in [1.29, 1.82) is 0 Å². The van der Waals surface area contributed by atoms with Crippen molar-refractivity contribution in [2.45, 2.75) is 0 Å². The van der Waals surface area contributed by atoms with Crippen molar-refractivity contribution in [3.05, 3.63) is 9.39 Å². The number of hydrogen-bond acceptors (Lipinski definition) is 4. The van der Waals surface area contributed by atoms with Gasteiger partial charge in [0.05, 0.1) is 0 Å². The fraction of sp³-hybridized carbons (Fsp3) is 0. The molecule has 0 aliphatic rings. The summed E-state index contributed by atoms with van der Waals surface area (Å²) in [5.41, 5.74) is -0.222. The van der Waals surface area contributed by atoms with E-state index in [1.807, 2.05) is 0 Å². The second-order valence-corrected chi connectivity index (χ2v) is 3.00. The van der Waals surface area contributed by atoms with Gasteiger partial charge in [-0.05, 0) is 11.5 Å². The van der Waals surface area contributed by atoms with Crippen LogP contribution in [0.15, 0.2) is 0 Å². The summed E-state index contributed by atoms with van der Waals surface area (Å²) in [7, 11) is 0. The van der Waals surface area contributed by atoms with E-state index >= 15 is 0 Å². The average molecular weight is 200 g/mol. The van der Waals surface area contributed by atoms with Crippen LogP contribution in [0.5, 0.6) is 5.88 Å². The van der Waals surface area contributed by atoms with Gasteiger partial charge in [0.15, 0.2) is 0 Å². The van der Waals surface area contributed by atoms with Crippen molar-refractivity contribution < 1.29 is 15.0 Å². The molecule has 55 valence electrons. The Hall–Kier alpha value is 0.120. The first-order chi connectivity index (χ1) is 4.63. The van der Waals surface area contributed by atoms with Crippen LogP contribution in [0.25, 0.3) is 0 Å². The molecule has 0 aliphatic carbocycles. The Kier molecular flexibility index (Phi) is 4.27. The molecule has 11 heavy (non-hydrogen) atoms. The number of carboxylic acid groups (broad SMARTS) is 1. The number of carbonyl (C=O) groups is 1. The monoisotopic (exact) mass is 200 g/mol. The van der Waals surface area contributed by atoms with E-state index in [0.717, 1.165) is 11.5 Å². The van der Waals surface area contributed by atoms with Crippen LogP contribution in [-0.4, -0.2) is 50.1 Å². The normalized spacial score (nSPS) is 8.73. The van der Waals surface area contributed by atoms with E-state index in [1.54, 1.807) is 0 Å². The molecule has 0 aromatic carbocycles. The van der Waals surface area contributed by atoms with Crippen LogP contribution in [0.3, 0.4) is 0 Å². The minimum Gasteiger partial charge on any atom is -0.493 e. The van der Waals surface area contributed by atoms with Crippen LogP contribution in [0.2, 0.25) is 0 Å². The van der Waals surface area contributed by atoms with Gasteiger partial charge in [0.25, 0.3) is 0 Å². The molecule has 0 fully saturated rings. The topological polar surface area (TPSA) is 73.3 Å². The second-order valence-electron chi connectivity index (χ2n) is 1.52. The number of rotatable bonds is 1. The van der Waals surface area contributed by atoms with E-state index in [9.17, 15) is 4.79 Å². The molecule has 1 heterocycles. The van der Waals surface area contributed by atoms with E-state index in [0.29, 0.717) is 0 Å². The minimum atomic E-state index is -1.21. The number of aromatic hydroxyl groups is 1. The zero-order valence-electron chi connectivity index (χ0n) is 5.62. The van der Waals surface area contributed by atoms with Gasteiger partial charge < -0.3 is 10.2 Å². The number of aromatic amines is 1. The molecule has 0 bridgehead atoms. The van der Waals surface area contributed by atoms with E-state index in [4.69, 9.17) is 10.2 Å². The largest absolute Gasteiger partial charge is 0.493 e. The van der Waals surface area contributed by atoms with E-state index in [-0.39, 0.29) is 44.8 Å². The van der Waals surface area contributed by atoms with Crippen LogP contribution in [0.1, 0.15) is 10.4 Å². The van der Waals surface area contributed by atoms with Crippen molar-refractivity contribution in [2.24, 2.45) is 0 Å². The molecule has 0 amide bonds. The van der Waals surface area contributed by atoms with Gasteiger partial charge in [0.1, 0.15) is 9.39 Å². The molecule has 3 N–H and O–H groups in total. The van der Waals surface area contributed by atoms with Crippen LogP contribution in [0, 0.1) is 3.82 Å². The molecule has 1 rings (SSSR count). The first-order valence-electron chi connectivity index (χ1n) is 2.26. The third kappa shape index (κ3) is 2.28. The van der Waals surface area contributed by atoms with Gasteiger partial charge in [0.2, 0.25) is 5.88 Å². The zero-order valence-corrected chi connectivity index (χ0v) is 9.25. The molecular weight excluding hydrogens is 197 g/mol. The molecule has 0 atom stereocenters. The standard InChI is InChI=1S/C4H3NO3S2.Na/c6-2-1(3(7)8)4(9)10-5-2;/h5-6H,(H,7,8);. The first-order valence-corrected chi connectivity index (χ1v) is 3.49. The maximum atomic E-state index is 10.3. The Balaban J connectivity index is 0.000001000. The molecule has 1 radical (unpaired) electrons. The zero-order chi connectivity index (χ0) is 7.72. The van der Waals surface area contributed by atoms with E-state index in [2.05, 4.69) is 16.6 Å². The van der Waals surface area contributed by atoms with Gasteiger partial charge in [-0.3, -0.25) is 4.37 Å². The number of nitrogens with one attached hydrogen (secondary N) is 1. The second kappa shape index (κ2) is 4.22. The van der Waals surface area contributed by atoms with E-state index in [1.165, 1.54) is 0 Å². The van der Waals surface area contributed by atoms with Crippen LogP contribution < -0.4 is 0 Å². The molecule has 1 aromatic heterocycles. The van der Waals surface area contributed by atoms with Crippen LogP contribution >= 0.6 is 23.8 Å². The smallest absolute Gasteiger partial charge is 0.343 e. The summed E-state index contributed by atoms with van der Waals surface area (Å²) in [5, 5.41) is 17.2. The van der Waals surface area contributed by atoms with Crippen LogP contribution in [-0.2, 0) is 0 Å². The van der Waals surface area contributed by atoms with Gasteiger partial charge in [0, 0.05) is 29.6 Å². The summed E-state index contributed by atoms with van der Waals surface area (Å²) in [6.07, 6.45) is 0. The summed E-state index contributed by atoms with van der Waals surface area (Å²) in [6, 6.07) is 0. The molecular formula is C4H3NNaO3S2. The summed E-state index contributed by atoms with van der Waals surface area (Å²) < 4.78 is 2.49. The Morgan fingerprint density at radius 1 is 1.64 bits per heavy atom. The van der Waals surface area contributed by atoms with Gasteiger partial charge in [-0.1, -0.05) is 12.2 Å². The predicted molar refractivity (Wildman–Crippen MR) is 43.9 cm³/mol. The fourth-order valence-corrected chi connectivity index (χ4v) is 1.37. The van der Waals surface area contributed by atoms with Crippen molar-refractivity contribution in [3.63, 3.8) is 0 Å². The van der Waals surface area contributed by atoms with Crippen LogP contribution in [0.4, 0.5) is 0 Å². The maximum absolute atomic E-state index is 10.3. The van der Waals surface area contributed by atoms with E-state index < -0.39 is 5.97 Å². The summed E-state index contributed by atoms with van der Waals surface area (Å²) in [5.74, 6) is -1.58. The molecule has 7 heteroatoms. The number of hydrogen-bond donors (Lipinski definition) is 3. The molecule has 0 spiro atoms. The van der Waals surface area contributed by atoms with Gasteiger partial charge >= 0.3 is 5.97 Å². The molecule has 0 saturated heterocycles. The third-order valence-electron chi connectivity index (χ3n) is 0.895. The number of H-pyrrole nitrogens is 1. The fourth-order valence-electron chi connectivity index (χ4n) is 0.482. The average Bonchev–Trinajstić information content (AvgIpc) is 2.11. The Morgan fingerprint density at radius 3 is 2.36 bits per heavy atom. The summed E-state index contributed by atoms with van der Waals surface area (Å²) in [4.78, 5) is 10.3. The summed E-state index contributed by atoms with van der Waals surface area (Å²) in [6.45, 7) is 0.